The average molecular weight is 273 g/mol. The molecule has 0 spiro atoms. The highest BCUT2D eigenvalue weighted by molar-refractivity contribution is 5.25. The van der Waals surface area contributed by atoms with Gasteiger partial charge in [0, 0.05) is 12.6 Å². The van der Waals surface area contributed by atoms with Crippen LogP contribution in [0.5, 0.6) is 0 Å². The van der Waals surface area contributed by atoms with E-state index in [1.54, 1.807) is 6.07 Å². The van der Waals surface area contributed by atoms with Crippen LogP contribution in [0.1, 0.15) is 36.8 Å². The van der Waals surface area contributed by atoms with Crippen LogP contribution in [0.25, 0.3) is 0 Å². The highest BCUT2D eigenvalue weighted by Crippen LogP contribution is 2.29. The van der Waals surface area contributed by atoms with Crippen molar-refractivity contribution in [2.75, 3.05) is 0 Å². The minimum absolute atomic E-state index is 0.0108. The molecule has 0 amide bonds. The van der Waals surface area contributed by atoms with Crippen molar-refractivity contribution in [1.29, 1.82) is 0 Å². The molecule has 1 aromatic rings. The zero-order valence-electron chi connectivity index (χ0n) is 10.6. The molecule has 0 aliphatic heterocycles. The number of aliphatic hydroxyl groups is 1. The third-order valence-electron chi connectivity index (χ3n) is 3.55. The van der Waals surface area contributed by atoms with Gasteiger partial charge in [0.25, 0.3) is 0 Å². The van der Waals surface area contributed by atoms with E-state index in [0.29, 0.717) is 12.1 Å². The van der Waals surface area contributed by atoms with Gasteiger partial charge in [-0.1, -0.05) is 31.0 Å². The van der Waals surface area contributed by atoms with Crippen LogP contribution in [-0.4, -0.2) is 17.3 Å². The van der Waals surface area contributed by atoms with Crippen LogP contribution in [0.15, 0.2) is 24.3 Å². The van der Waals surface area contributed by atoms with Gasteiger partial charge in [-0.15, -0.1) is 0 Å². The molecule has 0 saturated heterocycles. The molecule has 1 aromatic carbocycles. The van der Waals surface area contributed by atoms with E-state index in [1.165, 1.54) is 6.07 Å². The van der Waals surface area contributed by atoms with Gasteiger partial charge in [0.2, 0.25) is 0 Å². The van der Waals surface area contributed by atoms with Gasteiger partial charge in [-0.2, -0.15) is 13.2 Å². The number of halogens is 3. The molecule has 2 atom stereocenters. The number of rotatable bonds is 3. The fourth-order valence-electron chi connectivity index (χ4n) is 2.46. The lowest BCUT2D eigenvalue weighted by Gasteiger charge is -2.28. The summed E-state index contributed by atoms with van der Waals surface area (Å²) in [7, 11) is 0. The summed E-state index contributed by atoms with van der Waals surface area (Å²) in [5.41, 5.74) is -0.0383. The molecule has 0 heterocycles. The summed E-state index contributed by atoms with van der Waals surface area (Å²) >= 11 is 0. The van der Waals surface area contributed by atoms with Gasteiger partial charge in [0.05, 0.1) is 11.7 Å². The van der Waals surface area contributed by atoms with Gasteiger partial charge in [-0.3, -0.25) is 0 Å². The molecule has 2 N–H and O–H groups in total. The van der Waals surface area contributed by atoms with Crippen LogP contribution in [0.3, 0.4) is 0 Å². The van der Waals surface area contributed by atoms with Crippen molar-refractivity contribution in [1.82, 2.24) is 5.32 Å². The fraction of sp³-hybridized carbons (Fsp3) is 0.571. The lowest BCUT2D eigenvalue weighted by atomic mass is 9.92. The smallest absolute Gasteiger partial charge is 0.392 e. The standard InChI is InChI=1S/C14H18F3NO/c15-14(16,17)11-5-3-4-10(8-11)9-18-12-6-1-2-7-13(12)19/h3-5,8,12-13,18-19H,1-2,6-7,9H2/t12-,13-/m1/s1. The van der Waals surface area contributed by atoms with Crippen LogP contribution < -0.4 is 5.32 Å². The van der Waals surface area contributed by atoms with Crippen molar-refractivity contribution in [2.24, 2.45) is 0 Å². The first-order chi connectivity index (χ1) is 8.97. The van der Waals surface area contributed by atoms with E-state index in [9.17, 15) is 18.3 Å². The molecule has 19 heavy (non-hydrogen) atoms. The second kappa shape index (κ2) is 5.92. The van der Waals surface area contributed by atoms with Crippen LogP contribution in [0, 0.1) is 0 Å². The predicted octanol–water partition coefficient (Wildman–Crippen LogP) is 3.10. The van der Waals surface area contributed by atoms with Crippen LogP contribution in [0.2, 0.25) is 0 Å². The number of hydrogen-bond acceptors (Lipinski definition) is 2. The Morgan fingerprint density at radius 1 is 1.21 bits per heavy atom. The Labute approximate surface area is 110 Å². The molecule has 0 radical (unpaired) electrons. The van der Waals surface area contributed by atoms with Crippen molar-refractivity contribution in [3.8, 4) is 0 Å². The Balaban J connectivity index is 1.96. The molecule has 106 valence electrons. The summed E-state index contributed by atoms with van der Waals surface area (Å²) in [6, 6.07) is 5.29. The maximum atomic E-state index is 12.6. The Morgan fingerprint density at radius 2 is 1.95 bits per heavy atom. The van der Waals surface area contributed by atoms with E-state index in [0.717, 1.165) is 37.8 Å². The van der Waals surface area contributed by atoms with Gasteiger partial charge in [-0.25, -0.2) is 0 Å². The molecule has 0 bridgehead atoms. The maximum absolute atomic E-state index is 12.6. The minimum Gasteiger partial charge on any atom is -0.392 e. The number of benzene rings is 1. The first kappa shape index (κ1) is 14.3. The lowest BCUT2D eigenvalue weighted by Crippen LogP contribution is -2.41. The summed E-state index contributed by atoms with van der Waals surface area (Å²) in [5, 5.41) is 12.9. The monoisotopic (exact) mass is 273 g/mol. The quantitative estimate of drug-likeness (QED) is 0.887. The first-order valence-electron chi connectivity index (χ1n) is 6.54. The normalized spacial score (nSPS) is 24.4. The summed E-state index contributed by atoms with van der Waals surface area (Å²) < 4.78 is 37.7. The third-order valence-corrected chi connectivity index (χ3v) is 3.55. The van der Waals surface area contributed by atoms with Gasteiger partial charge < -0.3 is 10.4 Å². The Hall–Kier alpha value is -1.07. The largest absolute Gasteiger partial charge is 0.416 e. The van der Waals surface area contributed by atoms with Crippen molar-refractivity contribution >= 4 is 0 Å². The van der Waals surface area contributed by atoms with E-state index < -0.39 is 11.7 Å². The van der Waals surface area contributed by atoms with Gasteiger partial charge in [0.1, 0.15) is 0 Å². The van der Waals surface area contributed by atoms with Crippen molar-refractivity contribution < 1.29 is 18.3 Å². The van der Waals surface area contributed by atoms with Crippen LogP contribution in [0.4, 0.5) is 13.2 Å². The maximum Gasteiger partial charge on any atom is 0.416 e. The number of aliphatic hydroxyl groups excluding tert-OH is 1. The number of nitrogens with one attached hydrogen (secondary N) is 1. The van der Waals surface area contributed by atoms with Gasteiger partial charge in [0.15, 0.2) is 0 Å². The lowest BCUT2D eigenvalue weighted by molar-refractivity contribution is -0.137. The van der Waals surface area contributed by atoms with E-state index in [4.69, 9.17) is 0 Å². The Morgan fingerprint density at radius 3 is 2.63 bits per heavy atom. The van der Waals surface area contributed by atoms with Crippen molar-refractivity contribution in [3.63, 3.8) is 0 Å². The highest BCUT2D eigenvalue weighted by atomic mass is 19.4. The molecule has 2 rings (SSSR count). The summed E-state index contributed by atoms with van der Waals surface area (Å²) in [6.45, 7) is 0.353. The zero-order chi connectivity index (χ0) is 13.9. The van der Waals surface area contributed by atoms with Gasteiger partial charge in [-0.05, 0) is 24.5 Å². The SMILES string of the molecule is O[C@@H]1CCCC[C@H]1NCc1cccc(C(F)(F)F)c1. The van der Waals surface area contributed by atoms with Crippen molar-refractivity contribution in [2.45, 2.75) is 50.6 Å². The number of hydrogen-bond donors (Lipinski definition) is 2. The minimum atomic E-state index is -4.31. The topological polar surface area (TPSA) is 32.3 Å². The molecule has 1 aliphatic rings. The Kier molecular flexibility index (Phi) is 4.47. The molecule has 1 aliphatic carbocycles. The summed E-state index contributed by atoms with van der Waals surface area (Å²) in [4.78, 5) is 0. The molecule has 1 fully saturated rings. The van der Waals surface area contributed by atoms with Crippen LogP contribution in [-0.2, 0) is 12.7 Å². The average Bonchev–Trinajstić information content (AvgIpc) is 2.37. The molecule has 0 unspecified atom stereocenters. The van der Waals surface area contributed by atoms with E-state index in [1.807, 2.05) is 0 Å². The van der Waals surface area contributed by atoms with E-state index in [2.05, 4.69) is 5.32 Å². The molecule has 1 saturated carbocycles. The fourth-order valence-corrected chi connectivity index (χ4v) is 2.46. The molecular weight excluding hydrogens is 255 g/mol. The van der Waals surface area contributed by atoms with E-state index in [-0.39, 0.29) is 12.1 Å². The molecule has 5 heteroatoms. The highest BCUT2D eigenvalue weighted by Gasteiger charge is 2.30. The number of alkyl halides is 3. The molecule has 0 aromatic heterocycles. The van der Waals surface area contributed by atoms with Gasteiger partial charge >= 0.3 is 6.18 Å². The Bertz CT molecular complexity index is 419. The molecule has 2 nitrogen and oxygen atoms in total. The third kappa shape index (κ3) is 3.94. The first-order valence-corrected chi connectivity index (χ1v) is 6.54. The zero-order valence-corrected chi connectivity index (χ0v) is 10.6. The van der Waals surface area contributed by atoms with Crippen molar-refractivity contribution in [3.05, 3.63) is 35.4 Å². The predicted molar refractivity (Wildman–Crippen MR) is 66.5 cm³/mol. The summed E-state index contributed by atoms with van der Waals surface area (Å²) in [6.07, 6.45) is -0.986. The van der Waals surface area contributed by atoms with Crippen LogP contribution >= 0.6 is 0 Å². The second-order valence-electron chi connectivity index (χ2n) is 5.04. The molecular formula is C14H18F3NO. The summed E-state index contributed by atoms with van der Waals surface area (Å²) in [5.74, 6) is 0. The van der Waals surface area contributed by atoms with E-state index >= 15 is 0 Å². The second-order valence-corrected chi connectivity index (χ2v) is 5.04.